The molecule has 0 radical (unpaired) electrons. The van der Waals surface area contributed by atoms with Gasteiger partial charge in [0, 0.05) is 12.0 Å². The fourth-order valence-electron chi connectivity index (χ4n) is 1.78. The molecule has 0 saturated carbocycles. The number of hydrogen-bond acceptors (Lipinski definition) is 3. The van der Waals surface area contributed by atoms with Crippen molar-refractivity contribution in [1.82, 2.24) is 0 Å². The Morgan fingerprint density at radius 1 is 1.50 bits per heavy atom. The minimum atomic E-state index is -0.444. The Balaban J connectivity index is 2.88. The maximum atomic E-state index is 11.9. The molecule has 0 aliphatic heterocycles. The van der Waals surface area contributed by atoms with E-state index in [1.807, 2.05) is 13.8 Å². The van der Waals surface area contributed by atoms with E-state index in [2.05, 4.69) is 5.32 Å². The van der Waals surface area contributed by atoms with E-state index in [0.717, 1.165) is 12.8 Å². The summed E-state index contributed by atoms with van der Waals surface area (Å²) in [6.07, 6.45) is 1.74. The minimum Gasteiger partial charge on any atom is -0.325 e. The van der Waals surface area contributed by atoms with Crippen molar-refractivity contribution in [2.24, 2.45) is 5.92 Å². The molecule has 0 unspecified atom stereocenters. The second-order valence-electron chi connectivity index (χ2n) is 4.39. The third-order valence-electron chi connectivity index (χ3n) is 2.93. The first-order valence-electron chi connectivity index (χ1n) is 6.02. The topological polar surface area (TPSA) is 72.2 Å². The van der Waals surface area contributed by atoms with Crippen molar-refractivity contribution in [1.29, 1.82) is 0 Å². The Labute approximate surface area is 106 Å². The lowest BCUT2D eigenvalue weighted by atomic mass is 10.0. The van der Waals surface area contributed by atoms with Gasteiger partial charge in [-0.1, -0.05) is 26.3 Å². The van der Waals surface area contributed by atoms with E-state index in [9.17, 15) is 14.9 Å². The highest BCUT2D eigenvalue weighted by molar-refractivity contribution is 5.93. The number of benzene rings is 1. The zero-order valence-corrected chi connectivity index (χ0v) is 10.9. The molecule has 0 heterocycles. The Hall–Kier alpha value is -1.91. The summed E-state index contributed by atoms with van der Waals surface area (Å²) in [5, 5.41) is 13.5. The first-order chi connectivity index (χ1) is 8.47. The SMILES string of the molecule is CCC[C@@H](C)C(=O)Nc1cccc([N+](=O)[O-])c1C. The number of hydrogen-bond donors (Lipinski definition) is 1. The Morgan fingerprint density at radius 2 is 2.17 bits per heavy atom. The smallest absolute Gasteiger partial charge is 0.274 e. The molecule has 1 atom stereocenters. The van der Waals surface area contributed by atoms with Crippen molar-refractivity contribution in [3.8, 4) is 0 Å². The second kappa shape index (κ2) is 6.14. The molecule has 1 amide bonds. The number of nitro benzene ring substituents is 1. The van der Waals surface area contributed by atoms with Crippen LogP contribution in [0.1, 0.15) is 32.3 Å². The van der Waals surface area contributed by atoms with Crippen LogP contribution in [0.15, 0.2) is 18.2 Å². The molecule has 1 N–H and O–H groups in total. The van der Waals surface area contributed by atoms with E-state index < -0.39 is 4.92 Å². The summed E-state index contributed by atoms with van der Waals surface area (Å²) < 4.78 is 0. The molecule has 1 aromatic carbocycles. The molecule has 0 spiro atoms. The lowest BCUT2D eigenvalue weighted by Gasteiger charge is -2.12. The molecule has 0 aliphatic carbocycles. The Bertz CT molecular complexity index is 458. The number of carbonyl (C=O) groups excluding carboxylic acids is 1. The van der Waals surface area contributed by atoms with Crippen molar-refractivity contribution in [2.45, 2.75) is 33.6 Å². The monoisotopic (exact) mass is 250 g/mol. The van der Waals surface area contributed by atoms with Gasteiger partial charge in [-0.15, -0.1) is 0 Å². The number of nitrogens with one attached hydrogen (secondary N) is 1. The number of nitrogens with zero attached hydrogens (tertiary/aromatic N) is 1. The maximum Gasteiger partial charge on any atom is 0.274 e. The van der Waals surface area contributed by atoms with Crippen molar-refractivity contribution < 1.29 is 9.72 Å². The lowest BCUT2D eigenvalue weighted by molar-refractivity contribution is -0.385. The van der Waals surface area contributed by atoms with Crippen molar-refractivity contribution in [3.63, 3.8) is 0 Å². The van der Waals surface area contributed by atoms with Crippen LogP contribution in [0, 0.1) is 23.0 Å². The van der Waals surface area contributed by atoms with Crippen LogP contribution in [0.4, 0.5) is 11.4 Å². The van der Waals surface area contributed by atoms with Crippen molar-refractivity contribution in [3.05, 3.63) is 33.9 Å². The molecule has 0 aliphatic rings. The van der Waals surface area contributed by atoms with E-state index >= 15 is 0 Å². The van der Waals surface area contributed by atoms with Gasteiger partial charge in [-0.2, -0.15) is 0 Å². The summed E-state index contributed by atoms with van der Waals surface area (Å²) in [6.45, 7) is 5.51. The molecule has 0 aromatic heterocycles. The molecule has 1 aromatic rings. The van der Waals surface area contributed by atoms with Gasteiger partial charge in [0.1, 0.15) is 0 Å². The van der Waals surface area contributed by atoms with Crippen LogP contribution in [0.3, 0.4) is 0 Å². The number of amides is 1. The van der Waals surface area contributed by atoms with Crippen LogP contribution in [0.25, 0.3) is 0 Å². The first-order valence-corrected chi connectivity index (χ1v) is 6.02. The van der Waals surface area contributed by atoms with Crippen LogP contribution < -0.4 is 5.32 Å². The summed E-state index contributed by atoms with van der Waals surface area (Å²) in [4.78, 5) is 22.2. The van der Waals surface area contributed by atoms with Gasteiger partial charge in [-0.3, -0.25) is 14.9 Å². The maximum absolute atomic E-state index is 11.9. The van der Waals surface area contributed by atoms with Gasteiger partial charge in [-0.05, 0) is 19.4 Å². The molecule has 0 bridgehead atoms. The van der Waals surface area contributed by atoms with Crippen molar-refractivity contribution in [2.75, 3.05) is 5.32 Å². The zero-order chi connectivity index (χ0) is 13.7. The van der Waals surface area contributed by atoms with E-state index in [1.165, 1.54) is 6.07 Å². The van der Waals surface area contributed by atoms with Gasteiger partial charge in [0.2, 0.25) is 5.91 Å². The summed E-state index contributed by atoms with van der Waals surface area (Å²) in [5.74, 6) is -0.186. The summed E-state index contributed by atoms with van der Waals surface area (Å²) in [5.41, 5.74) is 1.02. The molecular weight excluding hydrogens is 232 g/mol. The van der Waals surface area contributed by atoms with E-state index in [-0.39, 0.29) is 17.5 Å². The van der Waals surface area contributed by atoms with E-state index in [4.69, 9.17) is 0 Å². The van der Waals surface area contributed by atoms with Crippen LogP contribution >= 0.6 is 0 Å². The summed E-state index contributed by atoms with van der Waals surface area (Å²) in [6, 6.07) is 4.69. The van der Waals surface area contributed by atoms with Gasteiger partial charge >= 0.3 is 0 Å². The fourth-order valence-corrected chi connectivity index (χ4v) is 1.78. The highest BCUT2D eigenvalue weighted by Gasteiger charge is 2.17. The van der Waals surface area contributed by atoms with Gasteiger partial charge in [0.05, 0.1) is 16.2 Å². The highest BCUT2D eigenvalue weighted by atomic mass is 16.6. The number of nitro groups is 1. The third-order valence-corrected chi connectivity index (χ3v) is 2.93. The Kier molecular flexibility index (Phi) is 4.83. The molecular formula is C13H18N2O3. The number of rotatable bonds is 5. The molecule has 5 nitrogen and oxygen atoms in total. The lowest BCUT2D eigenvalue weighted by Crippen LogP contribution is -2.20. The van der Waals surface area contributed by atoms with Crippen molar-refractivity contribution >= 4 is 17.3 Å². The summed E-state index contributed by atoms with van der Waals surface area (Å²) >= 11 is 0. The summed E-state index contributed by atoms with van der Waals surface area (Å²) in [7, 11) is 0. The van der Waals surface area contributed by atoms with Gasteiger partial charge in [0.15, 0.2) is 0 Å². The predicted octanol–water partition coefficient (Wildman–Crippen LogP) is 3.28. The van der Waals surface area contributed by atoms with Crippen LogP contribution in [-0.4, -0.2) is 10.8 Å². The largest absolute Gasteiger partial charge is 0.325 e. The van der Waals surface area contributed by atoms with Gasteiger partial charge < -0.3 is 5.32 Å². The van der Waals surface area contributed by atoms with Crippen LogP contribution in [0.5, 0.6) is 0 Å². The fraction of sp³-hybridized carbons (Fsp3) is 0.462. The second-order valence-corrected chi connectivity index (χ2v) is 4.39. The molecule has 1 rings (SSSR count). The molecule has 98 valence electrons. The van der Waals surface area contributed by atoms with Crippen LogP contribution in [0.2, 0.25) is 0 Å². The number of anilines is 1. The van der Waals surface area contributed by atoms with Gasteiger partial charge in [-0.25, -0.2) is 0 Å². The minimum absolute atomic E-state index is 0.0240. The number of carbonyl (C=O) groups is 1. The normalized spacial score (nSPS) is 11.9. The average molecular weight is 250 g/mol. The zero-order valence-electron chi connectivity index (χ0n) is 10.9. The first kappa shape index (κ1) is 14.2. The van der Waals surface area contributed by atoms with E-state index in [0.29, 0.717) is 11.3 Å². The molecule has 0 saturated heterocycles. The third kappa shape index (κ3) is 3.29. The standard InChI is InChI=1S/C13H18N2O3/c1-4-6-9(2)13(16)14-11-7-5-8-12(10(11)3)15(17)18/h5,7-9H,4,6H2,1-3H3,(H,14,16)/t9-/m1/s1. The molecule has 5 heteroatoms. The molecule has 18 heavy (non-hydrogen) atoms. The average Bonchev–Trinajstić information content (AvgIpc) is 2.31. The predicted molar refractivity (Wildman–Crippen MR) is 70.5 cm³/mol. The van der Waals surface area contributed by atoms with Crippen LogP contribution in [-0.2, 0) is 4.79 Å². The van der Waals surface area contributed by atoms with Gasteiger partial charge in [0.25, 0.3) is 5.69 Å². The van der Waals surface area contributed by atoms with E-state index in [1.54, 1.807) is 19.1 Å². The molecule has 0 fully saturated rings. The Morgan fingerprint density at radius 3 is 2.72 bits per heavy atom. The quantitative estimate of drug-likeness (QED) is 0.643. The highest BCUT2D eigenvalue weighted by Crippen LogP contribution is 2.25.